The number of halogens is 1. The van der Waals surface area contributed by atoms with Gasteiger partial charge in [0, 0.05) is 28.8 Å². The van der Waals surface area contributed by atoms with Gasteiger partial charge in [-0.3, -0.25) is 10.1 Å². The number of carbonyl (C=O) groups is 1. The Morgan fingerprint density at radius 2 is 1.93 bits per heavy atom. The van der Waals surface area contributed by atoms with E-state index in [0.29, 0.717) is 5.13 Å². The number of anilines is 1. The summed E-state index contributed by atoms with van der Waals surface area (Å²) in [5, 5.41) is 5.04. The molecule has 3 rings (SSSR count). The first-order valence-electron chi connectivity index (χ1n) is 8.50. The number of hydrogen-bond donors (Lipinski definition) is 1. The van der Waals surface area contributed by atoms with Gasteiger partial charge in [0.2, 0.25) is 5.95 Å². The highest BCUT2D eigenvalue weighted by Crippen LogP contribution is 2.33. The lowest BCUT2D eigenvalue weighted by atomic mass is 10.0. The fraction of sp³-hybridized carbons (Fsp3) is 0.250. The van der Waals surface area contributed by atoms with Crippen molar-refractivity contribution < 1.29 is 13.9 Å². The Bertz CT molecular complexity index is 962. The van der Waals surface area contributed by atoms with Crippen molar-refractivity contribution in [1.82, 2.24) is 9.97 Å². The Labute approximate surface area is 161 Å². The number of aryl methyl sites for hydroxylation is 2. The van der Waals surface area contributed by atoms with Gasteiger partial charge < -0.3 is 4.74 Å². The van der Waals surface area contributed by atoms with Crippen molar-refractivity contribution in [3.63, 3.8) is 0 Å². The summed E-state index contributed by atoms with van der Waals surface area (Å²) in [7, 11) is 0. The number of nitrogens with zero attached hydrogens (tertiary/aromatic N) is 2. The maximum atomic E-state index is 13.2. The van der Waals surface area contributed by atoms with Gasteiger partial charge >= 0.3 is 0 Å². The minimum absolute atomic E-state index is 0.105. The highest BCUT2D eigenvalue weighted by molar-refractivity contribution is 7.14. The van der Waals surface area contributed by atoms with Crippen molar-refractivity contribution in [3.05, 3.63) is 58.5 Å². The van der Waals surface area contributed by atoms with Crippen LogP contribution < -0.4 is 10.1 Å². The van der Waals surface area contributed by atoms with E-state index in [1.54, 1.807) is 0 Å². The average molecular weight is 385 g/mol. The Morgan fingerprint density at radius 1 is 1.22 bits per heavy atom. The molecule has 0 spiro atoms. The smallest absolute Gasteiger partial charge is 0.257 e. The normalized spacial score (nSPS) is 10.9. The molecule has 1 aromatic carbocycles. The summed E-state index contributed by atoms with van der Waals surface area (Å²) in [6.45, 7) is 7.99. The summed E-state index contributed by atoms with van der Waals surface area (Å²) in [5.74, 6) is -0.295. The van der Waals surface area contributed by atoms with Gasteiger partial charge in [0.15, 0.2) is 5.13 Å². The Balaban J connectivity index is 1.82. The lowest BCUT2D eigenvalue weighted by molar-refractivity contribution is 0.102. The summed E-state index contributed by atoms with van der Waals surface area (Å²) in [4.78, 5) is 20.2. The first kappa shape index (κ1) is 19.0. The van der Waals surface area contributed by atoms with Gasteiger partial charge in [0.1, 0.15) is 5.75 Å². The molecule has 0 fully saturated rings. The van der Waals surface area contributed by atoms with Gasteiger partial charge in [-0.15, -0.1) is 11.3 Å². The molecule has 0 aliphatic rings. The topological polar surface area (TPSA) is 64.1 Å². The SMILES string of the molecule is Cc1cc(OC(C)C)cc(C)c1-c1csc(NC(=O)c2ccnc(F)c2)n1. The van der Waals surface area contributed by atoms with Crippen LogP contribution in [0.15, 0.2) is 35.8 Å². The zero-order valence-corrected chi connectivity index (χ0v) is 16.4. The van der Waals surface area contributed by atoms with Crippen molar-refractivity contribution in [2.24, 2.45) is 0 Å². The van der Waals surface area contributed by atoms with Crippen molar-refractivity contribution >= 4 is 22.4 Å². The molecule has 0 aliphatic heterocycles. The van der Waals surface area contributed by atoms with E-state index in [9.17, 15) is 9.18 Å². The van der Waals surface area contributed by atoms with Crippen molar-refractivity contribution in [3.8, 4) is 17.0 Å². The lowest BCUT2D eigenvalue weighted by Crippen LogP contribution is -2.12. The Morgan fingerprint density at radius 3 is 2.56 bits per heavy atom. The number of hydrogen-bond acceptors (Lipinski definition) is 5. The second kappa shape index (κ2) is 7.84. The molecule has 1 N–H and O–H groups in total. The van der Waals surface area contributed by atoms with Crippen LogP contribution in [-0.2, 0) is 0 Å². The molecular weight excluding hydrogens is 365 g/mol. The molecule has 1 amide bonds. The maximum Gasteiger partial charge on any atom is 0.257 e. The summed E-state index contributed by atoms with van der Waals surface area (Å²) in [5.41, 5.74) is 4.08. The van der Waals surface area contributed by atoms with Crippen LogP contribution in [0.25, 0.3) is 11.3 Å². The van der Waals surface area contributed by atoms with Gasteiger partial charge in [0.25, 0.3) is 5.91 Å². The number of pyridine rings is 1. The molecule has 0 atom stereocenters. The van der Waals surface area contributed by atoms with Crippen LogP contribution in [0.5, 0.6) is 5.75 Å². The van der Waals surface area contributed by atoms with E-state index < -0.39 is 11.9 Å². The quantitative estimate of drug-likeness (QED) is 0.628. The highest BCUT2D eigenvalue weighted by Gasteiger charge is 2.14. The third-order valence-electron chi connectivity index (χ3n) is 3.85. The molecule has 0 saturated heterocycles. The third kappa shape index (κ3) is 4.49. The van der Waals surface area contributed by atoms with Crippen LogP contribution in [0, 0.1) is 19.8 Å². The summed E-state index contributed by atoms with van der Waals surface area (Å²) in [6, 6.07) is 6.51. The Hall–Kier alpha value is -2.80. The lowest BCUT2D eigenvalue weighted by Gasteiger charge is -2.14. The molecule has 0 unspecified atom stereocenters. The molecule has 5 nitrogen and oxygen atoms in total. The molecule has 0 bridgehead atoms. The van der Waals surface area contributed by atoms with Crippen molar-refractivity contribution in [2.45, 2.75) is 33.8 Å². The van der Waals surface area contributed by atoms with Gasteiger partial charge in [-0.1, -0.05) is 0 Å². The average Bonchev–Trinajstić information content (AvgIpc) is 3.01. The predicted octanol–water partition coefficient (Wildman–Crippen LogP) is 5.00. The second-order valence-corrected chi connectivity index (χ2v) is 7.32. The standard InChI is InChI=1S/C20H20FN3O2S/c1-11(2)26-15-7-12(3)18(13(4)8-15)16-10-27-20(23-16)24-19(25)14-5-6-22-17(21)9-14/h5-11H,1-4H3,(H,23,24,25). The predicted molar refractivity (Wildman–Crippen MR) is 105 cm³/mol. The van der Waals surface area contributed by atoms with E-state index in [2.05, 4.69) is 15.3 Å². The van der Waals surface area contributed by atoms with Gasteiger partial charge in [-0.2, -0.15) is 4.39 Å². The van der Waals surface area contributed by atoms with Crippen LogP contribution in [-0.4, -0.2) is 22.0 Å². The van der Waals surface area contributed by atoms with Crippen LogP contribution >= 0.6 is 11.3 Å². The zero-order chi connectivity index (χ0) is 19.6. The van der Waals surface area contributed by atoms with Crippen LogP contribution in [0.1, 0.15) is 35.3 Å². The number of carbonyl (C=O) groups excluding carboxylic acids is 1. The number of rotatable bonds is 5. The van der Waals surface area contributed by atoms with E-state index >= 15 is 0 Å². The first-order valence-corrected chi connectivity index (χ1v) is 9.38. The van der Waals surface area contributed by atoms with Gasteiger partial charge in [-0.25, -0.2) is 9.97 Å². The fourth-order valence-corrected chi connectivity index (χ4v) is 3.52. The third-order valence-corrected chi connectivity index (χ3v) is 4.61. The number of nitrogens with one attached hydrogen (secondary N) is 1. The van der Waals surface area contributed by atoms with E-state index in [4.69, 9.17) is 4.74 Å². The van der Waals surface area contributed by atoms with Gasteiger partial charge in [-0.05, 0) is 57.0 Å². The van der Waals surface area contributed by atoms with E-state index in [1.165, 1.54) is 23.6 Å². The van der Waals surface area contributed by atoms with E-state index in [-0.39, 0.29) is 11.7 Å². The molecule has 27 heavy (non-hydrogen) atoms. The van der Waals surface area contributed by atoms with Crippen LogP contribution in [0.3, 0.4) is 0 Å². The number of benzene rings is 1. The molecule has 0 saturated carbocycles. The van der Waals surface area contributed by atoms with Crippen molar-refractivity contribution in [1.29, 1.82) is 0 Å². The molecule has 3 aromatic rings. The van der Waals surface area contributed by atoms with Gasteiger partial charge in [0.05, 0.1) is 11.8 Å². The molecule has 7 heteroatoms. The minimum Gasteiger partial charge on any atom is -0.491 e. The largest absolute Gasteiger partial charge is 0.491 e. The van der Waals surface area contributed by atoms with Crippen molar-refractivity contribution in [2.75, 3.05) is 5.32 Å². The van der Waals surface area contributed by atoms with E-state index in [1.807, 2.05) is 45.2 Å². The molecule has 2 heterocycles. The molecule has 0 radical (unpaired) electrons. The minimum atomic E-state index is -0.697. The zero-order valence-electron chi connectivity index (χ0n) is 15.5. The number of aromatic nitrogens is 2. The summed E-state index contributed by atoms with van der Waals surface area (Å²) in [6.07, 6.45) is 1.36. The summed E-state index contributed by atoms with van der Waals surface area (Å²) < 4.78 is 19.0. The monoisotopic (exact) mass is 385 g/mol. The Kier molecular flexibility index (Phi) is 5.51. The molecule has 0 aliphatic carbocycles. The molecule has 140 valence electrons. The number of thiazole rings is 1. The first-order chi connectivity index (χ1) is 12.8. The van der Waals surface area contributed by atoms with E-state index in [0.717, 1.165) is 34.2 Å². The number of amides is 1. The maximum absolute atomic E-state index is 13.2. The summed E-state index contributed by atoms with van der Waals surface area (Å²) >= 11 is 1.32. The molecule has 2 aromatic heterocycles. The highest BCUT2D eigenvalue weighted by atomic mass is 32.1. The van der Waals surface area contributed by atoms with Crippen LogP contribution in [0.4, 0.5) is 9.52 Å². The second-order valence-electron chi connectivity index (χ2n) is 6.46. The van der Waals surface area contributed by atoms with Crippen LogP contribution in [0.2, 0.25) is 0 Å². The fourth-order valence-electron chi connectivity index (χ4n) is 2.83. The number of ether oxygens (including phenoxy) is 1. The molecular formula is C20H20FN3O2S.